The summed E-state index contributed by atoms with van der Waals surface area (Å²) in [5, 5.41) is 16.0. The molecule has 1 aromatic carbocycles. The Kier molecular flexibility index (Phi) is 10.7. The first-order valence-corrected chi connectivity index (χ1v) is 17.9. The fourth-order valence-electron chi connectivity index (χ4n) is 5.68. The van der Waals surface area contributed by atoms with Crippen LogP contribution in [-0.2, 0) is 15.5 Å². The predicted octanol–water partition coefficient (Wildman–Crippen LogP) is 6.16. The maximum absolute atomic E-state index is 14.2. The van der Waals surface area contributed by atoms with Gasteiger partial charge in [-0.2, -0.15) is 13.2 Å². The highest BCUT2D eigenvalue weighted by Gasteiger charge is 2.37. The van der Waals surface area contributed by atoms with Crippen LogP contribution in [0.25, 0.3) is 22.2 Å². The molecule has 252 valence electrons. The van der Waals surface area contributed by atoms with Crippen LogP contribution in [0.3, 0.4) is 0 Å². The molecule has 0 radical (unpaired) electrons. The maximum Gasteiger partial charge on any atom is 0.419 e. The zero-order valence-corrected chi connectivity index (χ0v) is 27.6. The topological polar surface area (TPSA) is 150 Å². The molecule has 15 heteroatoms. The lowest BCUT2D eigenvalue weighted by atomic mass is 10.0. The molecule has 4 N–H and O–H groups in total. The Morgan fingerprint density at radius 1 is 1.17 bits per heavy atom. The number of nitrogens with zero attached hydrogens (tertiary/aromatic N) is 3. The first kappa shape index (κ1) is 35.2. The fourth-order valence-corrected chi connectivity index (χ4v) is 7.15. The number of carbonyl (C=O) groups excluding carboxylic acids is 1. The van der Waals surface area contributed by atoms with Crippen molar-refractivity contribution in [3.05, 3.63) is 35.7 Å². The van der Waals surface area contributed by atoms with Crippen molar-refractivity contribution in [2.24, 2.45) is 0 Å². The quantitative estimate of drug-likeness (QED) is 0.139. The molecule has 0 bridgehead atoms. The first-order chi connectivity index (χ1) is 21.4. The number of carboxylic acids is 1. The SMILES string of the molecule is CC(C)(C)OC(=O)NCCCCCN1CCC[C@H](Nc2ncc(C(F)(F)F)c(-c3c[nH]c4c(P(C)(C)=O)c(C(=O)O)ccc34)n2)C1. The molecule has 0 saturated carbocycles. The summed E-state index contributed by atoms with van der Waals surface area (Å²) in [5.74, 6) is -1.23. The number of fused-ring (bicyclic) bond motifs is 1. The zero-order valence-electron chi connectivity index (χ0n) is 26.8. The van der Waals surface area contributed by atoms with Crippen LogP contribution >= 0.6 is 7.14 Å². The number of aromatic amines is 1. The lowest BCUT2D eigenvalue weighted by Crippen LogP contribution is -2.42. The summed E-state index contributed by atoms with van der Waals surface area (Å²) in [5.41, 5.74) is -1.81. The number of H-pyrrole nitrogens is 1. The molecule has 3 heterocycles. The molecule has 1 atom stereocenters. The second-order valence-corrected chi connectivity index (χ2v) is 16.1. The Labute approximate surface area is 266 Å². The molecule has 4 rings (SSSR count). The molecular formula is C31H42F3N6O5P. The number of benzene rings is 1. The van der Waals surface area contributed by atoms with E-state index in [-0.39, 0.29) is 45.0 Å². The van der Waals surface area contributed by atoms with Crippen molar-refractivity contribution in [3.8, 4) is 11.3 Å². The number of unbranched alkanes of at least 4 members (excludes halogenated alkanes) is 2. The molecule has 1 amide bonds. The van der Waals surface area contributed by atoms with Gasteiger partial charge >= 0.3 is 18.2 Å². The van der Waals surface area contributed by atoms with Gasteiger partial charge < -0.3 is 34.9 Å². The number of ether oxygens (including phenoxy) is 1. The minimum atomic E-state index is -4.75. The van der Waals surface area contributed by atoms with Gasteiger partial charge in [0.2, 0.25) is 5.95 Å². The van der Waals surface area contributed by atoms with Crippen molar-refractivity contribution in [1.82, 2.24) is 25.2 Å². The van der Waals surface area contributed by atoms with E-state index in [1.807, 2.05) is 20.8 Å². The minimum absolute atomic E-state index is 0.0523. The number of alkyl carbamates (subject to hydrolysis) is 1. The number of hydrogen-bond acceptors (Lipinski definition) is 8. The Bertz CT molecular complexity index is 1610. The van der Waals surface area contributed by atoms with E-state index in [4.69, 9.17) is 4.74 Å². The van der Waals surface area contributed by atoms with E-state index < -0.39 is 36.5 Å². The van der Waals surface area contributed by atoms with Crippen LogP contribution in [0.2, 0.25) is 0 Å². The Morgan fingerprint density at radius 3 is 2.57 bits per heavy atom. The zero-order chi connectivity index (χ0) is 33.9. The van der Waals surface area contributed by atoms with E-state index in [0.717, 1.165) is 51.4 Å². The maximum atomic E-state index is 14.2. The molecule has 11 nitrogen and oxygen atoms in total. The van der Waals surface area contributed by atoms with Crippen LogP contribution in [0, 0.1) is 0 Å². The Morgan fingerprint density at radius 2 is 1.91 bits per heavy atom. The summed E-state index contributed by atoms with van der Waals surface area (Å²) in [6.45, 7) is 11.2. The van der Waals surface area contributed by atoms with E-state index in [9.17, 15) is 32.4 Å². The normalized spacial score (nSPS) is 16.4. The standard InChI is InChI=1S/C31H42F3N6O5P/c1-30(2,3)45-29(43)35-13-7-6-8-14-40-15-9-10-19(18-40)38-28-37-17-23(31(32,33)34)24(39-28)22-16-36-25-20(22)11-12-21(27(41)42)26(25)46(4,5)44/h11-12,16-17,19,36H,6-10,13-15,18H2,1-5H3,(H,35,43)(H,41,42)(H,37,38,39)/t19-/m0/s1. The van der Waals surface area contributed by atoms with Crippen LogP contribution in [0.5, 0.6) is 0 Å². The third-order valence-electron chi connectivity index (χ3n) is 7.61. The molecule has 0 unspecified atom stereocenters. The number of carboxylic acid groups (broad SMARTS) is 1. The van der Waals surface area contributed by atoms with Crippen LogP contribution < -0.4 is 15.9 Å². The average molecular weight is 667 g/mol. The van der Waals surface area contributed by atoms with Gasteiger partial charge in [-0.05, 0) is 78.9 Å². The number of aromatic carboxylic acids is 1. The number of halogens is 3. The van der Waals surface area contributed by atoms with Crippen molar-refractivity contribution in [3.63, 3.8) is 0 Å². The highest BCUT2D eigenvalue weighted by Crippen LogP contribution is 2.43. The van der Waals surface area contributed by atoms with Crippen molar-refractivity contribution in [1.29, 1.82) is 0 Å². The van der Waals surface area contributed by atoms with Gasteiger partial charge in [0.15, 0.2) is 0 Å². The second-order valence-electron chi connectivity index (χ2n) is 13.0. The summed E-state index contributed by atoms with van der Waals surface area (Å²) >= 11 is 0. The number of aromatic nitrogens is 3. The van der Waals surface area contributed by atoms with Gasteiger partial charge in [0.05, 0.1) is 16.8 Å². The molecule has 1 fully saturated rings. The number of nitrogens with one attached hydrogen (secondary N) is 3. The lowest BCUT2D eigenvalue weighted by molar-refractivity contribution is -0.137. The molecular weight excluding hydrogens is 624 g/mol. The number of piperidine rings is 1. The molecule has 1 aliphatic rings. The number of carbonyl (C=O) groups is 2. The number of rotatable bonds is 11. The molecule has 0 aliphatic carbocycles. The number of hydrogen-bond donors (Lipinski definition) is 4. The van der Waals surface area contributed by atoms with E-state index in [1.54, 1.807) is 0 Å². The summed E-state index contributed by atoms with van der Waals surface area (Å²) < 4.78 is 60.8. The molecule has 1 saturated heterocycles. The molecule has 3 aromatic rings. The van der Waals surface area contributed by atoms with Gasteiger partial charge in [0, 0.05) is 47.8 Å². The van der Waals surface area contributed by atoms with Crippen molar-refractivity contribution < 1.29 is 37.2 Å². The highest BCUT2D eigenvalue weighted by atomic mass is 31.2. The lowest BCUT2D eigenvalue weighted by Gasteiger charge is -2.33. The van der Waals surface area contributed by atoms with Gasteiger partial charge in [-0.3, -0.25) is 0 Å². The minimum Gasteiger partial charge on any atom is -0.478 e. The first-order valence-electron chi connectivity index (χ1n) is 15.3. The number of amides is 1. The largest absolute Gasteiger partial charge is 0.478 e. The van der Waals surface area contributed by atoms with Crippen LogP contribution in [0.4, 0.5) is 23.9 Å². The summed E-state index contributed by atoms with van der Waals surface area (Å²) in [6.07, 6.45) is 1.27. The predicted molar refractivity (Wildman–Crippen MR) is 172 cm³/mol. The van der Waals surface area contributed by atoms with Crippen LogP contribution in [-0.4, -0.2) is 88.2 Å². The van der Waals surface area contributed by atoms with Crippen molar-refractivity contribution in [2.75, 3.05) is 44.8 Å². The molecule has 2 aromatic heterocycles. The number of likely N-dealkylation sites (tertiary alicyclic amines) is 1. The molecule has 1 aliphatic heterocycles. The van der Waals surface area contributed by atoms with Crippen LogP contribution in [0.1, 0.15) is 68.8 Å². The van der Waals surface area contributed by atoms with Gasteiger partial charge in [-0.25, -0.2) is 19.6 Å². The monoisotopic (exact) mass is 666 g/mol. The molecule has 46 heavy (non-hydrogen) atoms. The number of alkyl halides is 3. The molecule has 0 spiro atoms. The second kappa shape index (κ2) is 14.0. The van der Waals surface area contributed by atoms with Gasteiger partial charge in [0.25, 0.3) is 0 Å². The van der Waals surface area contributed by atoms with Gasteiger partial charge in [0.1, 0.15) is 18.3 Å². The van der Waals surface area contributed by atoms with E-state index in [2.05, 4.69) is 30.5 Å². The van der Waals surface area contributed by atoms with Crippen molar-refractivity contribution >= 4 is 41.4 Å². The Hall–Kier alpha value is -3.64. The summed E-state index contributed by atoms with van der Waals surface area (Å²) in [7, 11) is -3.15. The van der Waals surface area contributed by atoms with Crippen LogP contribution in [0.15, 0.2) is 24.5 Å². The van der Waals surface area contributed by atoms with Gasteiger partial charge in [-0.1, -0.05) is 12.5 Å². The number of anilines is 1. The summed E-state index contributed by atoms with van der Waals surface area (Å²) in [6, 6.07) is 2.59. The van der Waals surface area contributed by atoms with Crippen molar-refractivity contribution in [2.45, 2.75) is 70.7 Å². The fraction of sp³-hybridized carbons (Fsp3) is 0.548. The third-order valence-corrected chi connectivity index (χ3v) is 9.15. The van der Waals surface area contributed by atoms with Gasteiger partial charge in [-0.15, -0.1) is 0 Å². The smallest absolute Gasteiger partial charge is 0.419 e. The van der Waals surface area contributed by atoms with E-state index in [1.165, 1.54) is 31.7 Å². The third kappa shape index (κ3) is 9.00. The average Bonchev–Trinajstić information content (AvgIpc) is 3.36. The van der Waals surface area contributed by atoms with E-state index >= 15 is 0 Å². The Balaban J connectivity index is 1.46. The summed E-state index contributed by atoms with van der Waals surface area (Å²) in [4.78, 5) is 37.1. The van der Waals surface area contributed by atoms with E-state index in [0.29, 0.717) is 13.1 Å². The highest BCUT2D eigenvalue weighted by molar-refractivity contribution is 7.70.